The second kappa shape index (κ2) is 40.4. The van der Waals surface area contributed by atoms with Crippen LogP contribution in [0, 0.1) is 53.3 Å². The van der Waals surface area contributed by atoms with Gasteiger partial charge in [0.1, 0.15) is 11.5 Å². The summed E-state index contributed by atoms with van der Waals surface area (Å²) in [5.74, 6) is -22.5. The summed E-state index contributed by atoms with van der Waals surface area (Å²) >= 11 is 0. The molecule has 2 aromatic carbocycles. The van der Waals surface area contributed by atoms with Gasteiger partial charge in [-0.2, -0.15) is 0 Å². The maximum atomic E-state index is 14.7. The van der Waals surface area contributed by atoms with E-state index in [1.807, 2.05) is 0 Å². The number of Topliss-reactive ketones (excluding diaryl/α,β-unsaturated/α-hetero) is 5. The van der Waals surface area contributed by atoms with Gasteiger partial charge in [0.15, 0.2) is 23.1 Å². The van der Waals surface area contributed by atoms with Gasteiger partial charge >= 0.3 is 23.9 Å². The van der Waals surface area contributed by atoms with Gasteiger partial charge in [-0.3, -0.25) is 67.1 Å². The van der Waals surface area contributed by atoms with Crippen molar-refractivity contribution < 1.29 is 103 Å². The van der Waals surface area contributed by atoms with E-state index in [9.17, 15) is 103 Å². The summed E-state index contributed by atoms with van der Waals surface area (Å²) in [7, 11) is 0. The lowest BCUT2D eigenvalue weighted by Gasteiger charge is -2.30. The number of ketones is 5. The fraction of sp³-hybridized carbons (Fsp3) is 0.597. The van der Waals surface area contributed by atoms with E-state index >= 15 is 0 Å². The van der Waals surface area contributed by atoms with E-state index in [4.69, 9.17) is 5.73 Å². The van der Waals surface area contributed by atoms with Crippen molar-refractivity contribution >= 4 is 88.2 Å². The highest BCUT2D eigenvalue weighted by Gasteiger charge is 2.38. The molecule has 0 saturated heterocycles. The van der Waals surface area contributed by atoms with E-state index < -0.39 is 224 Å². The Morgan fingerprint density at radius 3 is 1.43 bits per heavy atom. The third kappa shape index (κ3) is 30.8. The van der Waals surface area contributed by atoms with E-state index in [-0.39, 0.29) is 62.5 Å². The molecule has 520 valence electrons. The minimum atomic E-state index is -1.53. The molecule has 0 aliphatic rings. The Hall–Kier alpha value is -8.75. The molecular weight excluding hydrogens is 1220 g/mol. The number of aromatic hydroxyl groups is 1. The van der Waals surface area contributed by atoms with Crippen LogP contribution in [-0.2, 0) is 84.8 Å². The van der Waals surface area contributed by atoms with E-state index in [2.05, 4.69) is 26.6 Å². The molecule has 12 atom stereocenters. The normalized spacial score (nSPS) is 15.2. The smallest absolute Gasteiger partial charge is 0.304 e. The molecule has 0 spiro atoms. The fourth-order valence-electron chi connectivity index (χ4n) is 10.8. The summed E-state index contributed by atoms with van der Waals surface area (Å²) in [4.78, 5) is 197. The number of hydrogen-bond donors (Lipinski definition) is 12. The second-order valence-electron chi connectivity index (χ2n) is 25.8. The van der Waals surface area contributed by atoms with Crippen molar-refractivity contribution in [3.05, 3.63) is 65.7 Å². The van der Waals surface area contributed by atoms with Crippen LogP contribution in [-0.4, -0.2) is 155 Å². The minimum Gasteiger partial charge on any atom is -0.508 e. The first-order valence-corrected chi connectivity index (χ1v) is 31.7. The van der Waals surface area contributed by atoms with Crippen molar-refractivity contribution in [3.63, 3.8) is 0 Å². The topological polar surface area (TPSA) is 464 Å². The monoisotopic (exact) mass is 1320 g/mol. The highest BCUT2D eigenvalue weighted by Crippen LogP contribution is 2.24. The Bertz CT molecular complexity index is 2970. The maximum absolute atomic E-state index is 14.7. The zero-order valence-corrected chi connectivity index (χ0v) is 55.1. The van der Waals surface area contributed by atoms with Crippen LogP contribution in [0.25, 0.3) is 0 Å². The van der Waals surface area contributed by atoms with Gasteiger partial charge in [-0.1, -0.05) is 97.9 Å². The molecule has 27 nitrogen and oxygen atoms in total. The van der Waals surface area contributed by atoms with E-state index in [0.29, 0.717) is 11.1 Å². The number of nitrogens with one attached hydrogen (secondary N) is 5. The van der Waals surface area contributed by atoms with Crippen LogP contribution in [0.4, 0.5) is 0 Å². The van der Waals surface area contributed by atoms with Gasteiger partial charge in [-0.25, -0.2) is 0 Å². The van der Waals surface area contributed by atoms with Crippen LogP contribution in [0.2, 0.25) is 0 Å². The van der Waals surface area contributed by atoms with Crippen LogP contribution in [0.3, 0.4) is 0 Å². The molecule has 94 heavy (non-hydrogen) atoms. The van der Waals surface area contributed by atoms with Crippen molar-refractivity contribution in [2.45, 2.75) is 201 Å². The molecule has 2 rings (SSSR count). The lowest BCUT2D eigenvalue weighted by molar-refractivity contribution is -0.143. The first-order valence-electron chi connectivity index (χ1n) is 31.7. The average molecular weight is 1320 g/mol. The number of nitrogens with two attached hydrogens (primary N) is 1. The summed E-state index contributed by atoms with van der Waals surface area (Å²) in [6.07, 6.45) is -7.95. The first-order chi connectivity index (χ1) is 43.9. The summed E-state index contributed by atoms with van der Waals surface area (Å²) < 4.78 is 0. The average Bonchev–Trinajstić information content (AvgIpc) is 1.07. The molecule has 27 heteroatoms. The Morgan fingerprint density at radius 1 is 0.426 bits per heavy atom. The molecule has 0 aromatic heterocycles. The number of phenols is 1. The quantitative estimate of drug-likeness (QED) is 0.0448. The zero-order chi connectivity index (χ0) is 71.3. The third-order valence-electron chi connectivity index (χ3n) is 15.9. The number of aliphatic carboxylic acids is 4. The number of phenolic OH excluding ortho intramolecular Hbond substituents is 1. The van der Waals surface area contributed by atoms with Crippen LogP contribution in [0.5, 0.6) is 5.75 Å². The van der Waals surface area contributed by atoms with Crippen molar-refractivity contribution in [1.29, 1.82) is 0 Å². The molecule has 0 unspecified atom stereocenters. The van der Waals surface area contributed by atoms with Crippen LogP contribution in [0.15, 0.2) is 54.6 Å². The summed E-state index contributed by atoms with van der Waals surface area (Å²) in [5.41, 5.74) is 6.39. The molecule has 0 heterocycles. The van der Waals surface area contributed by atoms with Crippen molar-refractivity contribution in [2.24, 2.45) is 59.0 Å². The van der Waals surface area contributed by atoms with Crippen LogP contribution >= 0.6 is 0 Å². The maximum Gasteiger partial charge on any atom is 0.304 e. The number of carbonyl (C=O) groups excluding carboxylic acids is 11. The molecule has 0 aliphatic carbocycles. The third-order valence-corrected chi connectivity index (χ3v) is 15.9. The number of carboxylic acid groups (broad SMARTS) is 4. The molecule has 0 bridgehead atoms. The van der Waals surface area contributed by atoms with Crippen molar-refractivity contribution in [3.8, 4) is 5.75 Å². The number of rotatable bonds is 47. The van der Waals surface area contributed by atoms with Crippen LogP contribution < -0.4 is 32.3 Å². The lowest BCUT2D eigenvalue weighted by atomic mass is 9.87. The molecule has 13 N–H and O–H groups in total. The minimum absolute atomic E-state index is 0.0497. The van der Waals surface area contributed by atoms with Gasteiger partial charge < -0.3 is 67.8 Å². The number of carboxylic acids is 4. The van der Waals surface area contributed by atoms with Gasteiger partial charge in [0.25, 0.3) is 0 Å². The van der Waals surface area contributed by atoms with Gasteiger partial charge in [-0.15, -0.1) is 0 Å². The van der Waals surface area contributed by atoms with Crippen molar-refractivity contribution in [2.75, 3.05) is 0 Å². The van der Waals surface area contributed by atoms with Gasteiger partial charge in [0.2, 0.25) is 35.4 Å². The second-order valence-corrected chi connectivity index (χ2v) is 25.8. The summed E-state index contributed by atoms with van der Waals surface area (Å²) in [6.45, 7) is 14.4. The molecule has 0 saturated carbocycles. The first kappa shape index (κ1) is 81.3. The molecule has 0 fully saturated rings. The number of benzene rings is 2. The lowest BCUT2D eigenvalue weighted by Crippen LogP contribution is -2.51. The molecule has 0 aliphatic heterocycles. The Morgan fingerprint density at radius 2 is 0.894 bits per heavy atom. The van der Waals surface area contributed by atoms with Crippen LogP contribution in [0.1, 0.15) is 163 Å². The molecule has 0 radical (unpaired) electrons. The van der Waals surface area contributed by atoms with E-state index in [1.165, 1.54) is 45.0 Å². The van der Waals surface area contributed by atoms with Gasteiger partial charge in [-0.05, 0) is 92.9 Å². The molecule has 2 aromatic rings. The number of carbonyl (C=O) groups is 15. The zero-order valence-electron chi connectivity index (χ0n) is 55.1. The highest BCUT2D eigenvalue weighted by molar-refractivity contribution is 5.98. The standard InChI is InChI=1S/C67H96N6O21/c1-35(2)23-49(71-67(94)46(34-60(87)88)31-55(79)50(24-36(3)4)70-65(92)43(27-40(9)74)17-21-57(81)82)52(76)26-39(8)64(91)73-61(37(5)6)56(80)32-45(28-41-13-11-10-12-14-41)66(93)72-51(29-42-15-18-47(75)19-16-42)53(77)25-38(7)63(90)69-48(20-22-58(83)84)54(78)30-44(62(68)89)33-59(85)86/h10-16,18-19,35-39,43-46,48-52,61,75-76H,17,20-34H2,1-9H3,(H2,68,89)(H,69,90)(H,70,92)(H,71,94)(H,72,93)(H,73,91)(H,81,82)(H,83,84)(H,85,86)(H,87,88)/t38-,39-,43-,44+,45-,46+,48+,49+,50+,51+,52+,61+/m1/s1. The number of hydrogen-bond acceptors (Lipinski definition) is 17. The predicted molar refractivity (Wildman–Crippen MR) is 340 cm³/mol. The highest BCUT2D eigenvalue weighted by atomic mass is 16.4. The molecule has 6 amide bonds. The SMILES string of the molecule is CC(=O)C[C@@H](CCC(=O)O)C(=O)N[C@@H](CC(C)C)C(=O)C[C@@H](CC(=O)O)C(=O)N[C@@H](CC(C)C)[C@@H](O)C[C@@H](C)C(=O)N[C@H](C(=O)C[C@@H](Cc1ccccc1)C(=O)N[C@@H](Cc1ccc(O)cc1)C(=O)C[C@@H](C)C(=O)N[C@@H](CCC(=O)O)C(=O)C[C@@H](CC(=O)O)C(N)=O)C(C)C. The number of aliphatic hydroxyl groups excluding tert-OH is 1. The Labute approximate surface area is 547 Å². The van der Waals surface area contributed by atoms with Crippen molar-refractivity contribution in [1.82, 2.24) is 26.6 Å². The largest absolute Gasteiger partial charge is 0.508 e. The van der Waals surface area contributed by atoms with Gasteiger partial charge in [0.05, 0.1) is 61.0 Å². The Balaban J connectivity index is 2.44. The van der Waals surface area contributed by atoms with E-state index in [1.54, 1.807) is 71.9 Å². The summed E-state index contributed by atoms with van der Waals surface area (Å²) in [6, 6.07) is 7.75. The van der Waals surface area contributed by atoms with E-state index in [0.717, 1.165) is 0 Å². The fourth-order valence-corrected chi connectivity index (χ4v) is 10.8. The number of aliphatic hydroxyl groups is 1. The number of primary amides is 1. The summed E-state index contributed by atoms with van der Waals surface area (Å²) in [5, 5.41) is 72.8. The van der Waals surface area contributed by atoms with Gasteiger partial charge in [0, 0.05) is 68.6 Å². The number of amides is 6. The Kier molecular flexibility index (Phi) is 34.9. The predicted octanol–water partition coefficient (Wildman–Crippen LogP) is 3.82. The molecular formula is C67H96N6O21.